The Morgan fingerprint density at radius 2 is 2.44 bits per heavy atom. The second-order valence-electron chi connectivity index (χ2n) is 4.45. The molecule has 1 amide bonds. The number of ether oxygens (including phenoxy) is 1. The Hall–Kier alpha value is -0.870. The molecule has 0 saturated carbocycles. The third-order valence-corrected chi connectivity index (χ3v) is 3.05. The van der Waals surface area contributed by atoms with E-state index in [2.05, 4.69) is 22.8 Å². The number of carbonyl (C=O) groups is 1. The minimum Gasteiger partial charge on any atom is -0.375 e. The maximum atomic E-state index is 11.7. The fraction of sp³-hybridized carbons (Fsp3) is 0.750. The zero-order valence-corrected chi connectivity index (χ0v) is 9.58. The Bertz CT molecular complexity index is 260. The van der Waals surface area contributed by atoms with Crippen LogP contribution in [-0.2, 0) is 9.53 Å². The van der Waals surface area contributed by atoms with E-state index in [-0.39, 0.29) is 12.0 Å². The van der Waals surface area contributed by atoms with Gasteiger partial charge in [-0.2, -0.15) is 0 Å². The number of carbonyl (C=O) groups excluding carboxylic acids is 1. The highest BCUT2D eigenvalue weighted by atomic mass is 16.5. The molecule has 0 aromatic carbocycles. The van der Waals surface area contributed by atoms with Crippen molar-refractivity contribution < 1.29 is 9.53 Å². The number of hydrogen-bond donors (Lipinski definition) is 2. The predicted molar refractivity (Wildman–Crippen MR) is 62.1 cm³/mol. The first-order chi connectivity index (χ1) is 7.84. The lowest BCUT2D eigenvalue weighted by molar-refractivity contribution is -0.125. The van der Waals surface area contributed by atoms with Crippen molar-refractivity contribution in [3.8, 4) is 0 Å². The second-order valence-corrected chi connectivity index (χ2v) is 4.45. The third kappa shape index (κ3) is 3.61. The zero-order chi connectivity index (χ0) is 11.2. The first-order valence-corrected chi connectivity index (χ1v) is 6.11. The maximum absolute atomic E-state index is 11.7. The van der Waals surface area contributed by atoms with Gasteiger partial charge in [0.2, 0.25) is 5.91 Å². The summed E-state index contributed by atoms with van der Waals surface area (Å²) < 4.78 is 5.50. The van der Waals surface area contributed by atoms with Gasteiger partial charge in [0.1, 0.15) is 0 Å². The van der Waals surface area contributed by atoms with Crippen LogP contribution in [0.3, 0.4) is 0 Å². The highest BCUT2D eigenvalue weighted by Crippen LogP contribution is 2.11. The van der Waals surface area contributed by atoms with Gasteiger partial charge in [0, 0.05) is 19.1 Å². The van der Waals surface area contributed by atoms with Crippen LogP contribution in [0.5, 0.6) is 0 Å². The first-order valence-electron chi connectivity index (χ1n) is 6.11. The Balaban J connectivity index is 1.68. The molecule has 4 heteroatoms. The molecule has 1 saturated heterocycles. The molecule has 2 rings (SSSR count). The third-order valence-electron chi connectivity index (χ3n) is 3.05. The standard InChI is InChI=1S/C12H20N2O2/c15-12(8-11-9-13-6-7-16-11)14-10-4-2-1-3-5-10/h1-2,10-11,13H,3-9H2,(H,14,15). The first kappa shape index (κ1) is 11.6. The van der Waals surface area contributed by atoms with Crippen LogP contribution in [-0.4, -0.2) is 37.7 Å². The molecule has 1 aliphatic heterocycles. The van der Waals surface area contributed by atoms with Gasteiger partial charge in [-0.1, -0.05) is 12.2 Å². The molecule has 2 N–H and O–H groups in total. The van der Waals surface area contributed by atoms with E-state index in [9.17, 15) is 4.79 Å². The molecule has 0 radical (unpaired) electrons. The number of hydrogen-bond acceptors (Lipinski definition) is 3. The van der Waals surface area contributed by atoms with Crippen LogP contribution in [0.1, 0.15) is 25.7 Å². The summed E-state index contributed by atoms with van der Waals surface area (Å²) in [7, 11) is 0. The predicted octanol–water partition coefficient (Wildman–Crippen LogP) is 0.590. The lowest BCUT2D eigenvalue weighted by atomic mass is 10.0. The summed E-state index contributed by atoms with van der Waals surface area (Å²) in [6.07, 6.45) is 7.96. The lowest BCUT2D eigenvalue weighted by Crippen LogP contribution is -2.43. The van der Waals surface area contributed by atoms with Crippen molar-refractivity contribution in [3.63, 3.8) is 0 Å². The highest BCUT2D eigenvalue weighted by molar-refractivity contribution is 5.76. The van der Waals surface area contributed by atoms with Crippen molar-refractivity contribution >= 4 is 5.91 Å². The smallest absolute Gasteiger partial charge is 0.222 e. The molecule has 1 aliphatic carbocycles. The van der Waals surface area contributed by atoms with E-state index in [1.165, 1.54) is 0 Å². The number of rotatable bonds is 3. The summed E-state index contributed by atoms with van der Waals surface area (Å²) in [5.41, 5.74) is 0. The van der Waals surface area contributed by atoms with Gasteiger partial charge < -0.3 is 15.4 Å². The van der Waals surface area contributed by atoms with Gasteiger partial charge in [0.15, 0.2) is 0 Å². The number of allylic oxidation sites excluding steroid dienone is 1. The molecule has 0 aromatic rings. The van der Waals surface area contributed by atoms with Crippen LogP contribution in [0.4, 0.5) is 0 Å². The van der Waals surface area contributed by atoms with E-state index in [0.29, 0.717) is 19.1 Å². The van der Waals surface area contributed by atoms with Crippen molar-refractivity contribution in [3.05, 3.63) is 12.2 Å². The van der Waals surface area contributed by atoms with Crippen molar-refractivity contribution in [2.75, 3.05) is 19.7 Å². The Kier molecular flexibility index (Phi) is 4.36. The topological polar surface area (TPSA) is 50.4 Å². The zero-order valence-electron chi connectivity index (χ0n) is 9.58. The Morgan fingerprint density at radius 3 is 3.12 bits per heavy atom. The monoisotopic (exact) mass is 224 g/mol. The molecule has 0 bridgehead atoms. The molecule has 2 aliphatic rings. The van der Waals surface area contributed by atoms with E-state index in [4.69, 9.17) is 4.74 Å². The van der Waals surface area contributed by atoms with Crippen LogP contribution < -0.4 is 10.6 Å². The largest absolute Gasteiger partial charge is 0.375 e. The number of amides is 1. The quantitative estimate of drug-likeness (QED) is 0.690. The van der Waals surface area contributed by atoms with Gasteiger partial charge in [-0.05, 0) is 19.3 Å². The van der Waals surface area contributed by atoms with E-state index in [1.54, 1.807) is 0 Å². The lowest BCUT2D eigenvalue weighted by Gasteiger charge is -2.25. The highest BCUT2D eigenvalue weighted by Gasteiger charge is 2.19. The molecule has 16 heavy (non-hydrogen) atoms. The molecule has 4 nitrogen and oxygen atoms in total. The SMILES string of the molecule is O=C(CC1CNCCO1)NC1CC=CCC1. The summed E-state index contributed by atoms with van der Waals surface area (Å²) in [4.78, 5) is 11.7. The summed E-state index contributed by atoms with van der Waals surface area (Å²) in [6.45, 7) is 2.40. The van der Waals surface area contributed by atoms with Crippen molar-refractivity contribution in [2.45, 2.75) is 37.8 Å². The van der Waals surface area contributed by atoms with Gasteiger partial charge in [0.25, 0.3) is 0 Å². The maximum Gasteiger partial charge on any atom is 0.222 e. The summed E-state index contributed by atoms with van der Waals surface area (Å²) in [5, 5.41) is 6.30. The number of nitrogens with one attached hydrogen (secondary N) is 2. The van der Waals surface area contributed by atoms with Crippen LogP contribution >= 0.6 is 0 Å². The minimum atomic E-state index is 0.0490. The molecule has 90 valence electrons. The molecule has 0 aromatic heterocycles. The van der Waals surface area contributed by atoms with Crippen LogP contribution in [0, 0.1) is 0 Å². The average Bonchev–Trinajstić information content (AvgIpc) is 2.31. The minimum absolute atomic E-state index is 0.0490. The van der Waals surface area contributed by atoms with E-state index < -0.39 is 0 Å². The van der Waals surface area contributed by atoms with Gasteiger partial charge >= 0.3 is 0 Å². The van der Waals surface area contributed by atoms with Crippen LogP contribution in [0.15, 0.2) is 12.2 Å². The van der Waals surface area contributed by atoms with E-state index in [1.807, 2.05) is 0 Å². The van der Waals surface area contributed by atoms with E-state index in [0.717, 1.165) is 32.4 Å². The van der Waals surface area contributed by atoms with Gasteiger partial charge in [-0.25, -0.2) is 0 Å². The summed E-state index contributed by atoms with van der Waals surface area (Å²) in [5.74, 6) is 0.119. The van der Waals surface area contributed by atoms with Crippen molar-refractivity contribution in [1.82, 2.24) is 10.6 Å². The molecular weight excluding hydrogens is 204 g/mol. The van der Waals surface area contributed by atoms with Crippen molar-refractivity contribution in [2.24, 2.45) is 0 Å². The molecule has 1 heterocycles. The fourth-order valence-electron chi connectivity index (χ4n) is 2.17. The van der Waals surface area contributed by atoms with Crippen LogP contribution in [0.25, 0.3) is 0 Å². The number of morpholine rings is 1. The second kappa shape index (κ2) is 6.01. The average molecular weight is 224 g/mol. The molecular formula is C12H20N2O2. The fourth-order valence-corrected chi connectivity index (χ4v) is 2.17. The molecule has 1 fully saturated rings. The van der Waals surface area contributed by atoms with Gasteiger partial charge in [0.05, 0.1) is 19.1 Å². The molecule has 2 unspecified atom stereocenters. The molecule has 0 spiro atoms. The summed E-state index contributed by atoms with van der Waals surface area (Å²) >= 11 is 0. The van der Waals surface area contributed by atoms with Crippen molar-refractivity contribution in [1.29, 1.82) is 0 Å². The van der Waals surface area contributed by atoms with Gasteiger partial charge in [-0.15, -0.1) is 0 Å². The van der Waals surface area contributed by atoms with Crippen LogP contribution in [0.2, 0.25) is 0 Å². The molecule has 2 atom stereocenters. The Morgan fingerprint density at radius 1 is 1.50 bits per heavy atom. The normalized spacial score (nSPS) is 30.0. The van der Waals surface area contributed by atoms with E-state index >= 15 is 0 Å². The summed E-state index contributed by atoms with van der Waals surface area (Å²) in [6, 6.07) is 0.328. The Labute approximate surface area is 96.4 Å². The van der Waals surface area contributed by atoms with Gasteiger partial charge in [-0.3, -0.25) is 4.79 Å².